The highest BCUT2D eigenvalue weighted by Crippen LogP contribution is 2.27. The molecule has 1 aromatic carbocycles. The molecule has 0 bridgehead atoms. The third-order valence-electron chi connectivity index (χ3n) is 3.00. The number of thioether (sulfide) groups is 1. The zero-order valence-electron chi connectivity index (χ0n) is 10.0. The monoisotopic (exact) mass is 313 g/mol. The van der Waals surface area contributed by atoms with Gasteiger partial charge in [-0.1, -0.05) is 15.9 Å². The fourth-order valence-electron chi connectivity index (χ4n) is 2.00. The predicted molar refractivity (Wildman–Crippen MR) is 77.7 cm³/mol. The maximum atomic E-state index is 12.0. The van der Waals surface area contributed by atoms with Crippen LogP contribution in [0.3, 0.4) is 0 Å². The summed E-state index contributed by atoms with van der Waals surface area (Å²) < 4.78 is 1.12. The van der Waals surface area contributed by atoms with E-state index < -0.39 is 0 Å². The summed E-state index contributed by atoms with van der Waals surface area (Å²) >= 11 is 5.39. The molecular formula is C13H16BrNOS. The summed E-state index contributed by atoms with van der Waals surface area (Å²) in [4.78, 5) is 12.0. The standard InChI is InChI=1S/C13H16BrNOS/c1-8-5-11(6-9(2)12(8)14)15-13(16)10-3-4-17-7-10/h5-6,10H,3-4,7H2,1-2H3,(H,15,16). The molecule has 0 spiro atoms. The van der Waals surface area contributed by atoms with E-state index >= 15 is 0 Å². The molecule has 1 N–H and O–H groups in total. The smallest absolute Gasteiger partial charge is 0.228 e. The summed E-state index contributed by atoms with van der Waals surface area (Å²) in [5.74, 6) is 2.41. The number of carbonyl (C=O) groups is 1. The second kappa shape index (κ2) is 5.44. The molecule has 1 amide bonds. The van der Waals surface area contributed by atoms with Crippen LogP contribution < -0.4 is 5.32 Å². The van der Waals surface area contributed by atoms with Crippen molar-refractivity contribution in [2.75, 3.05) is 16.8 Å². The molecule has 0 radical (unpaired) electrons. The second-order valence-electron chi connectivity index (χ2n) is 4.47. The molecule has 2 rings (SSSR count). The number of halogens is 1. The van der Waals surface area contributed by atoms with Crippen molar-refractivity contribution < 1.29 is 4.79 Å². The first kappa shape index (κ1) is 13.0. The predicted octanol–water partition coefficient (Wildman–Crippen LogP) is 3.76. The van der Waals surface area contributed by atoms with Gasteiger partial charge in [0.15, 0.2) is 0 Å². The van der Waals surface area contributed by atoms with Crippen molar-refractivity contribution >= 4 is 39.3 Å². The van der Waals surface area contributed by atoms with Crippen LogP contribution in [0.25, 0.3) is 0 Å². The van der Waals surface area contributed by atoms with E-state index in [0.29, 0.717) is 0 Å². The van der Waals surface area contributed by atoms with E-state index in [4.69, 9.17) is 0 Å². The number of hydrogen-bond donors (Lipinski definition) is 1. The molecule has 1 saturated heterocycles. The Kier molecular flexibility index (Phi) is 4.15. The van der Waals surface area contributed by atoms with Crippen LogP contribution in [0.4, 0.5) is 5.69 Å². The molecule has 1 aromatic rings. The fourth-order valence-corrected chi connectivity index (χ4v) is 3.45. The Hall–Kier alpha value is -0.480. The third kappa shape index (κ3) is 3.05. The van der Waals surface area contributed by atoms with Gasteiger partial charge in [0.05, 0.1) is 0 Å². The molecule has 1 aliphatic heterocycles. The SMILES string of the molecule is Cc1cc(NC(=O)C2CCSC2)cc(C)c1Br. The van der Waals surface area contributed by atoms with Crippen LogP contribution in [0.1, 0.15) is 17.5 Å². The minimum Gasteiger partial charge on any atom is -0.326 e. The topological polar surface area (TPSA) is 29.1 Å². The molecule has 92 valence electrons. The van der Waals surface area contributed by atoms with E-state index in [9.17, 15) is 4.79 Å². The number of aryl methyl sites for hydroxylation is 2. The Labute approximate surface area is 115 Å². The number of nitrogens with one attached hydrogen (secondary N) is 1. The number of carbonyl (C=O) groups excluding carboxylic acids is 1. The van der Waals surface area contributed by atoms with Crippen LogP contribution in [0.15, 0.2) is 16.6 Å². The van der Waals surface area contributed by atoms with E-state index in [-0.39, 0.29) is 11.8 Å². The van der Waals surface area contributed by atoms with Crippen LogP contribution in [0.2, 0.25) is 0 Å². The van der Waals surface area contributed by atoms with Crippen LogP contribution in [-0.4, -0.2) is 17.4 Å². The summed E-state index contributed by atoms with van der Waals surface area (Å²) in [5, 5.41) is 3.02. The highest BCUT2D eigenvalue weighted by Gasteiger charge is 2.23. The van der Waals surface area contributed by atoms with Crippen molar-refractivity contribution in [1.29, 1.82) is 0 Å². The van der Waals surface area contributed by atoms with Crippen LogP contribution >= 0.6 is 27.7 Å². The highest BCUT2D eigenvalue weighted by atomic mass is 79.9. The van der Waals surface area contributed by atoms with Crippen molar-refractivity contribution in [1.82, 2.24) is 0 Å². The zero-order valence-corrected chi connectivity index (χ0v) is 12.5. The first-order valence-electron chi connectivity index (χ1n) is 5.73. The number of hydrogen-bond acceptors (Lipinski definition) is 2. The molecule has 0 aromatic heterocycles. The lowest BCUT2D eigenvalue weighted by atomic mass is 10.1. The number of rotatable bonds is 2. The number of benzene rings is 1. The van der Waals surface area contributed by atoms with Gasteiger partial charge in [-0.3, -0.25) is 4.79 Å². The van der Waals surface area contributed by atoms with Crippen LogP contribution in [-0.2, 0) is 4.79 Å². The van der Waals surface area contributed by atoms with Crippen molar-refractivity contribution in [2.45, 2.75) is 20.3 Å². The summed E-state index contributed by atoms with van der Waals surface area (Å²) in [7, 11) is 0. The van der Waals surface area contributed by atoms with Gasteiger partial charge in [0, 0.05) is 21.8 Å². The lowest BCUT2D eigenvalue weighted by Crippen LogP contribution is -2.22. The minimum atomic E-state index is 0.163. The van der Waals surface area contributed by atoms with Gasteiger partial charge < -0.3 is 5.32 Å². The second-order valence-corrected chi connectivity index (χ2v) is 6.42. The molecule has 1 heterocycles. The van der Waals surface area contributed by atoms with Gasteiger partial charge in [-0.05, 0) is 49.3 Å². The van der Waals surface area contributed by atoms with Crippen molar-refractivity contribution in [2.24, 2.45) is 5.92 Å². The van der Waals surface area contributed by atoms with Crippen molar-refractivity contribution in [3.63, 3.8) is 0 Å². The van der Waals surface area contributed by atoms with Crippen LogP contribution in [0.5, 0.6) is 0 Å². The van der Waals surface area contributed by atoms with Gasteiger partial charge in [-0.15, -0.1) is 0 Å². The average molecular weight is 314 g/mol. The molecule has 1 unspecified atom stereocenters. The van der Waals surface area contributed by atoms with Gasteiger partial charge in [0.1, 0.15) is 0 Å². The van der Waals surface area contributed by atoms with Gasteiger partial charge in [-0.25, -0.2) is 0 Å². The molecule has 2 nitrogen and oxygen atoms in total. The molecule has 0 saturated carbocycles. The lowest BCUT2D eigenvalue weighted by molar-refractivity contribution is -0.119. The molecule has 4 heteroatoms. The average Bonchev–Trinajstić information content (AvgIpc) is 2.79. The first-order valence-corrected chi connectivity index (χ1v) is 7.68. The van der Waals surface area contributed by atoms with Crippen LogP contribution in [0, 0.1) is 19.8 Å². The Balaban J connectivity index is 2.10. The minimum absolute atomic E-state index is 0.163. The lowest BCUT2D eigenvalue weighted by Gasteiger charge is -2.12. The highest BCUT2D eigenvalue weighted by molar-refractivity contribution is 9.10. The van der Waals surface area contributed by atoms with E-state index in [0.717, 1.165) is 39.2 Å². The third-order valence-corrected chi connectivity index (χ3v) is 5.42. The maximum Gasteiger partial charge on any atom is 0.228 e. The van der Waals surface area contributed by atoms with Gasteiger partial charge in [0.25, 0.3) is 0 Å². The van der Waals surface area contributed by atoms with E-state index in [1.165, 1.54) is 0 Å². The largest absolute Gasteiger partial charge is 0.326 e. The fraction of sp³-hybridized carbons (Fsp3) is 0.462. The molecule has 1 fully saturated rings. The van der Waals surface area contributed by atoms with Crippen molar-refractivity contribution in [3.05, 3.63) is 27.7 Å². The zero-order chi connectivity index (χ0) is 12.4. The molecular weight excluding hydrogens is 298 g/mol. The summed E-state index contributed by atoms with van der Waals surface area (Å²) in [5.41, 5.74) is 3.22. The summed E-state index contributed by atoms with van der Waals surface area (Å²) in [6, 6.07) is 4.02. The van der Waals surface area contributed by atoms with E-state index in [1.54, 1.807) is 0 Å². The number of anilines is 1. The maximum absolute atomic E-state index is 12.0. The summed E-state index contributed by atoms with van der Waals surface area (Å²) in [6.07, 6.45) is 1.00. The Bertz CT molecular complexity index is 418. The van der Waals surface area contributed by atoms with E-state index in [2.05, 4.69) is 21.2 Å². The Morgan fingerprint density at radius 2 is 2.06 bits per heavy atom. The Morgan fingerprint density at radius 1 is 1.41 bits per heavy atom. The quantitative estimate of drug-likeness (QED) is 0.900. The molecule has 1 atom stereocenters. The van der Waals surface area contributed by atoms with E-state index in [1.807, 2.05) is 37.7 Å². The van der Waals surface area contributed by atoms with Gasteiger partial charge in [0.2, 0.25) is 5.91 Å². The number of amides is 1. The van der Waals surface area contributed by atoms with Gasteiger partial charge >= 0.3 is 0 Å². The Morgan fingerprint density at radius 3 is 2.59 bits per heavy atom. The van der Waals surface area contributed by atoms with Crippen molar-refractivity contribution in [3.8, 4) is 0 Å². The normalized spacial score (nSPS) is 19.4. The molecule has 1 aliphatic rings. The molecule has 0 aliphatic carbocycles. The molecule has 17 heavy (non-hydrogen) atoms. The first-order chi connectivity index (χ1) is 8.08. The van der Waals surface area contributed by atoms with Gasteiger partial charge in [-0.2, -0.15) is 11.8 Å². The summed E-state index contributed by atoms with van der Waals surface area (Å²) in [6.45, 7) is 4.08.